The number of rotatable bonds is 4. The third kappa shape index (κ3) is 3.46. The molecule has 0 radical (unpaired) electrons. The first-order chi connectivity index (χ1) is 6.81. The minimum atomic E-state index is -3.03. The van der Waals surface area contributed by atoms with Crippen molar-refractivity contribution in [2.45, 2.75) is 25.4 Å². The van der Waals surface area contributed by atoms with Crippen LogP contribution in [0, 0.1) is 0 Å². The molecule has 0 aromatic rings. The zero-order valence-corrected chi connectivity index (χ0v) is 10.2. The molecular formula is C9H18N2O3S. The highest BCUT2D eigenvalue weighted by Gasteiger charge is 2.30. The van der Waals surface area contributed by atoms with E-state index in [0.717, 1.165) is 13.0 Å². The number of sulfone groups is 1. The monoisotopic (exact) mass is 234 g/mol. The molecule has 5 nitrogen and oxygen atoms in total. The molecule has 2 atom stereocenters. The van der Waals surface area contributed by atoms with Gasteiger partial charge < -0.3 is 10.2 Å². The predicted octanol–water partition coefficient (Wildman–Crippen LogP) is -0.760. The highest BCUT2D eigenvalue weighted by molar-refractivity contribution is 7.90. The molecule has 1 saturated heterocycles. The van der Waals surface area contributed by atoms with Crippen LogP contribution >= 0.6 is 0 Å². The first kappa shape index (κ1) is 12.4. The van der Waals surface area contributed by atoms with Crippen molar-refractivity contribution < 1.29 is 13.2 Å². The number of likely N-dealkylation sites (N-methyl/N-ethyl adjacent to an activating group) is 1. The lowest BCUT2D eigenvalue weighted by Crippen LogP contribution is -2.55. The minimum absolute atomic E-state index is 0.0158. The minimum Gasteiger partial charge on any atom is -0.341 e. The van der Waals surface area contributed by atoms with E-state index in [1.54, 1.807) is 14.0 Å². The smallest absolute Gasteiger partial charge is 0.239 e. The largest absolute Gasteiger partial charge is 0.341 e. The molecule has 88 valence electrons. The summed E-state index contributed by atoms with van der Waals surface area (Å²) in [5.41, 5.74) is 0. The van der Waals surface area contributed by atoms with Gasteiger partial charge in [-0.15, -0.1) is 0 Å². The summed E-state index contributed by atoms with van der Waals surface area (Å²) >= 11 is 0. The molecule has 0 aliphatic carbocycles. The maximum atomic E-state index is 11.7. The van der Waals surface area contributed by atoms with Crippen molar-refractivity contribution in [3.8, 4) is 0 Å². The summed E-state index contributed by atoms with van der Waals surface area (Å²) in [6.45, 7) is 2.61. The van der Waals surface area contributed by atoms with Crippen LogP contribution in [-0.2, 0) is 14.6 Å². The summed E-state index contributed by atoms with van der Waals surface area (Å²) < 4.78 is 22.1. The van der Waals surface area contributed by atoms with Crippen molar-refractivity contribution in [3.63, 3.8) is 0 Å². The van der Waals surface area contributed by atoms with E-state index in [-0.39, 0.29) is 23.7 Å². The number of carbonyl (C=O) groups excluding carboxylic acids is 1. The van der Waals surface area contributed by atoms with Gasteiger partial charge in [-0.2, -0.15) is 0 Å². The Morgan fingerprint density at radius 1 is 1.60 bits per heavy atom. The molecule has 6 heteroatoms. The number of nitrogens with one attached hydrogen (secondary N) is 1. The molecule has 1 aliphatic rings. The van der Waals surface area contributed by atoms with Gasteiger partial charge in [0.15, 0.2) is 0 Å². The molecule has 0 aromatic heterocycles. The van der Waals surface area contributed by atoms with E-state index in [4.69, 9.17) is 0 Å². The van der Waals surface area contributed by atoms with Crippen LogP contribution in [0.25, 0.3) is 0 Å². The number of hydrogen-bond acceptors (Lipinski definition) is 4. The number of nitrogens with zero attached hydrogens (tertiary/aromatic N) is 1. The Balaban J connectivity index is 2.51. The van der Waals surface area contributed by atoms with Crippen molar-refractivity contribution in [2.24, 2.45) is 0 Å². The second-order valence-corrected chi connectivity index (χ2v) is 6.37. The summed E-state index contributed by atoms with van der Waals surface area (Å²) in [4.78, 5) is 13.2. The van der Waals surface area contributed by atoms with Crippen LogP contribution < -0.4 is 5.32 Å². The molecule has 0 saturated carbocycles. The third-order valence-electron chi connectivity index (χ3n) is 2.67. The molecule has 1 amide bonds. The molecule has 1 rings (SSSR count). The van der Waals surface area contributed by atoms with Gasteiger partial charge in [0.05, 0.1) is 11.8 Å². The van der Waals surface area contributed by atoms with E-state index in [2.05, 4.69) is 5.32 Å². The third-order valence-corrected chi connectivity index (χ3v) is 3.76. The fourth-order valence-corrected chi connectivity index (χ4v) is 2.61. The zero-order chi connectivity index (χ0) is 11.6. The van der Waals surface area contributed by atoms with E-state index < -0.39 is 9.84 Å². The van der Waals surface area contributed by atoms with Gasteiger partial charge in [-0.25, -0.2) is 8.42 Å². The highest BCUT2D eigenvalue weighted by Crippen LogP contribution is 2.09. The Morgan fingerprint density at radius 2 is 2.13 bits per heavy atom. The number of amides is 1. The van der Waals surface area contributed by atoms with Crippen LogP contribution in [-0.4, -0.2) is 56.9 Å². The predicted molar refractivity (Wildman–Crippen MR) is 58.4 cm³/mol. The van der Waals surface area contributed by atoms with Gasteiger partial charge in [0.1, 0.15) is 9.84 Å². The average molecular weight is 234 g/mol. The van der Waals surface area contributed by atoms with E-state index >= 15 is 0 Å². The topological polar surface area (TPSA) is 66.5 Å². The van der Waals surface area contributed by atoms with Crippen molar-refractivity contribution in [1.82, 2.24) is 10.2 Å². The van der Waals surface area contributed by atoms with Gasteiger partial charge in [-0.05, 0) is 19.9 Å². The maximum Gasteiger partial charge on any atom is 0.239 e. The standard InChI is InChI=1S/C9H18N2O3S/c1-7(6-15(3,13)14)11(2)9(12)8-4-5-10-8/h7-8,10H,4-6H2,1-3H3/t7?,8-/m1/s1. The summed E-state index contributed by atoms with van der Waals surface area (Å²) in [6, 6.07) is -0.382. The SMILES string of the molecule is CC(CS(C)(=O)=O)N(C)C(=O)[C@H]1CCN1. The van der Waals surface area contributed by atoms with Crippen molar-refractivity contribution in [1.29, 1.82) is 0 Å². The summed E-state index contributed by atoms with van der Waals surface area (Å²) in [5.74, 6) is -0.000463. The summed E-state index contributed by atoms with van der Waals surface area (Å²) in [7, 11) is -1.38. The fourth-order valence-electron chi connectivity index (χ4n) is 1.51. The molecule has 0 spiro atoms. The van der Waals surface area contributed by atoms with Crippen molar-refractivity contribution in [3.05, 3.63) is 0 Å². The molecule has 1 N–H and O–H groups in total. The fraction of sp³-hybridized carbons (Fsp3) is 0.889. The van der Waals surface area contributed by atoms with Crippen LogP contribution in [0.4, 0.5) is 0 Å². The van der Waals surface area contributed by atoms with Gasteiger partial charge in [-0.3, -0.25) is 4.79 Å². The van der Waals surface area contributed by atoms with Gasteiger partial charge in [0.25, 0.3) is 0 Å². The molecule has 0 aromatic carbocycles. The lowest BCUT2D eigenvalue weighted by atomic mass is 10.1. The highest BCUT2D eigenvalue weighted by atomic mass is 32.2. The Bertz CT molecular complexity index is 335. The lowest BCUT2D eigenvalue weighted by molar-refractivity contribution is -0.135. The second-order valence-electron chi connectivity index (χ2n) is 4.19. The first-order valence-corrected chi connectivity index (χ1v) is 7.05. The summed E-state index contributed by atoms with van der Waals surface area (Å²) in [6.07, 6.45) is 2.03. The lowest BCUT2D eigenvalue weighted by Gasteiger charge is -2.33. The van der Waals surface area contributed by atoms with E-state index in [0.29, 0.717) is 0 Å². The van der Waals surface area contributed by atoms with Gasteiger partial charge >= 0.3 is 0 Å². The van der Waals surface area contributed by atoms with Gasteiger partial charge in [0, 0.05) is 19.3 Å². The van der Waals surface area contributed by atoms with E-state index in [1.807, 2.05) is 0 Å². The normalized spacial score (nSPS) is 23.0. The van der Waals surface area contributed by atoms with E-state index in [9.17, 15) is 13.2 Å². The van der Waals surface area contributed by atoms with Gasteiger partial charge in [-0.1, -0.05) is 0 Å². The Labute approximate surface area is 90.7 Å². The molecule has 1 aliphatic heterocycles. The van der Waals surface area contributed by atoms with Crippen LogP contribution in [0.15, 0.2) is 0 Å². The van der Waals surface area contributed by atoms with Crippen LogP contribution in [0.2, 0.25) is 0 Å². The average Bonchev–Trinajstić information content (AvgIpc) is 1.96. The Kier molecular flexibility index (Phi) is 3.72. The molecule has 15 heavy (non-hydrogen) atoms. The van der Waals surface area contributed by atoms with Crippen LogP contribution in [0.3, 0.4) is 0 Å². The van der Waals surface area contributed by atoms with Crippen LogP contribution in [0.1, 0.15) is 13.3 Å². The Morgan fingerprint density at radius 3 is 2.47 bits per heavy atom. The quantitative estimate of drug-likeness (QED) is 0.694. The number of hydrogen-bond donors (Lipinski definition) is 1. The van der Waals surface area contributed by atoms with E-state index in [1.165, 1.54) is 11.2 Å². The maximum absolute atomic E-state index is 11.7. The molecular weight excluding hydrogens is 216 g/mol. The number of carbonyl (C=O) groups is 1. The van der Waals surface area contributed by atoms with Crippen molar-refractivity contribution >= 4 is 15.7 Å². The van der Waals surface area contributed by atoms with Gasteiger partial charge in [0.2, 0.25) is 5.91 Å². The molecule has 0 bridgehead atoms. The Hall–Kier alpha value is -0.620. The zero-order valence-electron chi connectivity index (χ0n) is 9.36. The second kappa shape index (κ2) is 4.49. The summed E-state index contributed by atoms with van der Waals surface area (Å²) in [5, 5.41) is 3.00. The molecule has 1 heterocycles. The van der Waals surface area contributed by atoms with Crippen molar-refractivity contribution in [2.75, 3.05) is 25.6 Å². The molecule has 1 fully saturated rings. The first-order valence-electron chi connectivity index (χ1n) is 4.99. The molecule has 1 unspecified atom stereocenters. The van der Waals surface area contributed by atoms with Crippen LogP contribution in [0.5, 0.6) is 0 Å².